The number of amides is 1. The van der Waals surface area contributed by atoms with Crippen molar-refractivity contribution in [2.75, 3.05) is 44.3 Å². The summed E-state index contributed by atoms with van der Waals surface area (Å²) in [5, 5.41) is 4.55. The van der Waals surface area contributed by atoms with Crippen molar-refractivity contribution in [1.82, 2.24) is 14.5 Å². The topological polar surface area (TPSA) is 60.0 Å². The van der Waals surface area contributed by atoms with Gasteiger partial charge in [-0.3, -0.25) is 14.4 Å². The van der Waals surface area contributed by atoms with Gasteiger partial charge in [0.15, 0.2) is 0 Å². The summed E-state index contributed by atoms with van der Waals surface area (Å²) in [6, 6.07) is 2.22. The van der Waals surface area contributed by atoms with Crippen LogP contribution in [0.15, 0.2) is 23.0 Å². The standard InChI is InChI=1S/C19H29N5OS2/c1-13-11-20-17-15(10-14(2)27-17)16(21-13)24-8-6-23(7-9-24)12-19(3,4)18(25)22-26-5/h10-11,20H,6-9,12H2,1-5H3,(H,22,25). The van der Waals surface area contributed by atoms with Crippen LogP contribution in [0, 0.1) is 12.3 Å². The van der Waals surface area contributed by atoms with Crippen LogP contribution in [0.3, 0.4) is 0 Å². The monoisotopic (exact) mass is 407 g/mol. The first-order chi connectivity index (χ1) is 12.8. The van der Waals surface area contributed by atoms with Gasteiger partial charge in [-0.2, -0.15) is 0 Å². The second-order valence-electron chi connectivity index (χ2n) is 7.75. The third-order valence-electron chi connectivity index (χ3n) is 4.89. The molecule has 1 amide bonds. The van der Waals surface area contributed by atoms with Crippen molar-refractivity contribution in [2.24, 2.45) is 10.4 Å². The van der Waals surface area contributed by atoms with E-state index in [9.17, 15) is 4.79 Å². The van der Waals surface area contributed by atoms with Crippen molar-refractivity contribution in [3.8, 4) is 0 Å². The average Bonchev–Trinajstić information content (AvgIpc) is 2.92. The highest BCUT2D eigenvalue weighted by molar-refractivity contribution is 7.97. The van der Waals surface area contributed by atoms with Crippen LogP contribution in [0.4, 0.5) is 5.00 Å². The molecule has 1 aromatic heterocycles. The lowest BCUT2D eigenvalue weighted by Crippen LogP contribution is -2.52. The number of piperazine rings is 1. The van der Waals surface area contributed by atoms with Crippen LogP contribution in [0.25, 0.3) is 0 Å². The van der Waals surface area contributed by atoms with Gasteiger partial charge in [0.2, 0.25) is 5.91 Å². The lowest BCUT2D eigenvalue weighted by Gasteiger charge is -2.39. The Labute approximate surface area is 170 Å². The van der Waals surface area contributed by atoms with Crippen LogP contribution < -0.4 is 10.0 Å². The molecule has 0 bridgehead atoms. The molecule has 1 saturated heterocycles. The molecular formula is C19H29N5OS2. The fourth-order valence-electron chi connectivity index (χ4n) is 3.44. The zero-order valence-electron chi connectivity index (χ0n) is 16.8. The number of aryl methyl sites for hydroxylation is 1. The second kappa shape index (κ2) is 8.24. The number of rotatable bonds is 4. The van der Waals surface area contributed by atoms with E-state index in [1.807, 2.05) is 33.2 Å². The van der Waals surface area contributed by atoms with E-state index in [2.05, 4.69) is 32.8 Å². The number of hydrogen-bond donors (Lipinski definition) is 2. The number of fused-ring (bicyclic) bond motifs is 1. The van der Waals surface area contributed by atoms with Crippen molar-refractivity contribution in [3.63, 3.8) is 0 Å². The van der Waals surface area contributed by atoms with E-state index in [0.717, 1.165) is 44.3 Å². The summed E-state index contributed by atoms with van der Waals surface area (Å²) in [5.41, 5.74) is 1.79. The summed E-state index contributed by atoms with van der Waals surface area (Å²) in [4.78, 5) is 23.2. The average molecular weight is 408 g/mol. The summed E-state index contributed by atoms with van der Waals surface area (Å²) >= 11 is 3.13. The number of nitrogens with zero attached hydrogens (tertiary/aromatic N) is 3. The number of hydrogen-bond acceptors (Lipinski definition) is 7. The predicted octanol–water partition coefficient (Wildman–Crippen LogP) is 3.13. The lowest BCUT2D eigenvalue weighted by atomic mass is 9.91. The Balaban J connectivity index is 1.67. The van der Waals surface area contributed by atoms with E-state index in [4.69, 9.17) is 4.99 Å². The smallest absolute Gasteiger partial charge is 0.236 e. The summed E-state index contributed by atoms with van der Waals surface area (Å²) < 4.78 is 2.87. The zero-order valence-corrected chi connectivity index (χ0v) is 18.4. The summed E-state index contributed by atoms with van der Waals surface area (Å²) in [7, 11) is 0. The van der Waals surface area contributed by atoms with Gasteiger partial charge in [0.1, 0.15) is 10.8 Å². The molecule has 27 heavy (non-hydrogen) atoms. The highest BCUT2D eigenvalue weighted by atomic mass is 32.2. The second-order valence-corrected chi connectivity index (χ2v) is 9.62. The van der Waals surface area contributed by atoms with Crippen LogP contribution in [0.2, 0.25) is 0 Å². The Morgan fingerprint density at radius 2 is 2.04 bits per heavy atom. The quantitative estimate of drug-likeness (QED) is 0.751. The molecule has 0 saturated carbocycles. The first-order valence-corrected chi connectivity index (χ1v) is 11.3. The fraction of sp³-hybridized carbons (Fsp3) is 0.579. The molecule has 1 aromatic rings. The molecule has 1 fully saturated rings. The molecule has 3 rings (SSSR count). The van der Waals surface area contributed by atoms with E-state index in [1.54, 1.807) is 11.3 Å². The van der Waals surface area contributed by atoms with Gasteiger partial charge in [-0.25, -0.2) is 4.99 Å². The van der Waals surface area contributed by atoms with Gasteiger partial charge in [0.05, 0.1) is 16.7 Å². The van der Waals surface area contributed by atoms with Gasteiger partial charge in [0.25, 0.3) is 0 Å². The highest BCUT2D eigenvalue weighted by Crippen LogP contribution is 2.32. The summed E-state index contributed by atoms with van der Waals surface area (Å²) in [6.07, 6.45) is 3.86. The number of anilines is 1. The van der Waals surface area contributed by atoms with Gasteiger partial charge in [-0.05, 0) is 33.8 Å². The number of carbonyl (C=O) groups excluding carboxylic acids is 1. The maximum Gasteiger partial charge on any atom is 0.236 e. The SMILES string of the molecule is CSNC(=O)C(C)(C)CN1CCN(C2=NC(C)=CNc3sc(C)cc32)CC1. The minimum atomic E-state index is -0.397. The van der Waals surface area contributed by atoms with Gasteiger partial charge >= 0.3 is 0 Å². The Bertz CT molecular complexity index is 760. The minimum absolute atomic E-state index is 0.0933. The van der Waals surface area contributed by atoms with Crippen molar-refractivity contribution < 1.29 is 4.79 Å². The molecule has 0 aromatic carbocycles. The first kappa shape index (κ1) is 20.2. The molecule has 0 unspecified atom stereocenters. The van der Waals surface area contributed by atoms with Gasteiger partial charge in [0, 0.05) is 50.1 Å². The number of carbonyl (C=O) groups is 1. The van der Waals surface area contributed by atoms with Crippen LogP contribution in [-0.2, 0) is 4.79 Å². The Hall–Kier alpha value is -1.51. The first-order valence-electron chi connectivity index (χ1n) is 9.23. The Morgan fingerprint density at radius 1 is 1.33 bits per heavy atom. The zero-order chi connectivity index (χ0) is 19.6. The van der Waals surface area contributed by atoms with Crippen LogP contribution in [0.5, 0.6) is 0 Å². The third kappa shape index (κ3) is 4.67. The molecule has 2 aliphatic heterocycles. The maximum atomic E-state index is 12.3. The number of thiophene rings is 1. The summed E-state index contributed by atoms with van der Waals surface area (Å²) in [6.45, 7) is 12.7. The van der Waals surface area contributed by atoms with Gasteiger partial charge in [-0.1, -0.05) is 11.9 Å². The Kier molecular flexibility index (Phi) is 6.18. The highest BCUT2D eigenvalue weighted by Gasteiger charge is 2.32. The van der Waals surface area contributed by atoms with Gasteiger partial charge < -0.3 is 10.2 Å². The van der Waals surface area contributed by atoms with Crippen LogP contribution in [0.1, 0.15) is 31.2 Å². The molecule has 2 N–H and O–H groups in total. The third-order valence-corrected chi connectivity index (χ3v) is 6.26. The molecule has 6 nitrogen and oxygen atoms in total. The molecule has 0 spiro atoms. The van der Waals surface area contributed by atoms with Crippen molar-refractivity contribution in [2.45, 2.75) is 27.7 Å². The minimum Gasteiger partial charge on any atom is -0.353 e. The molecule has 0 atom stereocenters. The van der Waals surface area contributed by atoms with Gasteiger partial charge in [-0.15, -0.1) is 11.3 Å². The molecule has 148 valence electrons. The molecule has 0 aliphatic carbocycles. The number of allylic oxidation sites excluding steroid dienone is 1. The number of amidine groups is 1. The largest absolute Gasteiger partial charge is 0.353 e. The predicted molar refractivity (Wildman–Crippen MR) is 116 cm³/mol. The van der Waals surface area contributed by atoms with Crippen LogP contribution >= 0.6 is 23.3 Å². The van der Waals surface area contributed by atoms with Crippen molar-refractivity contribution in [3.05, 3.63) is 28.4 Å². The molecule has 8 heteroatoms. The summed E-state index contributed by atoms with van der Waals surface area (Å²) in [5.74, 6) is 1.16. The molecule has 3 heterocycles. The number of aliphatic imine (C=N–C) groups is 1. The van der Waals surface area contributed by atoms with Crippen molar-refractivity contribution in [1.29, 1.82) is 0 Å². The van der Waals surface area contributed by atoms with Crippen molar-refractivity contribution >= 4 is 40.0 Å². The molecular weight excluding hydrogens is 378 g/mol. The van der Waals surface area contributed by atoms with E-state index in [-0.39, 0.29) is 5.91 Å². The normalized spacial score (nSPS) is 18.2. The van der Waals surface area contributed by atoms with Crippen LogP contribution in [-0.4, -0.2) is 60.5 Å². The van der Waals surface area contributed by atoms with E-state index >= 15 is 0 Å². The fourth-order valence-corrected chi connectivity index (χ4v) is 4.78. The molecule has 0 radical (unpaired) electrons. The van der Waals surface area contributed by atoms with E-state index in [0.29, 0.717) is 0 Å². The Morgan fingerprint density at radius 3 is 2.70 bits per heavy atom. The van der Waals surface area contributed by atoms with E-state index < -0.39 is 5.41 Å². The molecule has 2 aliphatic rings. The maximum absolute atomic E-state index is 12.3. The lowest BCUT2D eigenvalue weighted by molar-refractivity contribution is -0.128. The number of nitrogens with one attached hydrogen (secondary N) is 2. The van der Waals surface area contributed by atoms with E-state index in [1.165, 1.54) is 27.4 Å².